The molecule has 2 heteroatoms. The van der Waals surface area contributed by atoms with Gasteiger partial charge in [0.05, 0.1) is 0 Å². The van der Waals surface area contributed by atoms with E-state index in [0.29, 0.717) is 0 Å². The lowest BCUT2D eigenvalue weighted by Gasteiger charge is -2.05. The maximum Gasteiger partial charge on any atom is -0.00275 e. The molecule has 0 bridgehead atoms. The van der Waals surface area contributed by atoms with E-state index < -0.39 is 0 Å². The predicted molar refractivity (Wildman–Crippen MR) is 201 cm³/mol. The maximum atomic E-state index is 3.67. The number of nitrogens with one attached hydrogen (secondary N) is 1. The topological polar surface area (TPSA) is 15.3 Å². The summed E-state index contributed by atoms with van der Waals surface area (Å²) in [6, 6.07) is 0. The summed E-state index contributed by atoms with van der Waals surface area (Å²) in [5.41, 5.74) is 0. The standard InChI is InChI=1S/C36H71N.C5H13N/c1-3-5-7-9-11-13-15-17-19-21-23-25-27-29-31-33-35-37-36-34-32-30-28-26-24-22-20-18-16-14-12-10-8-6-4-2;1-4-5-6(2)3/h17-20,37H,3-16,21-36H2,1-2H3;4-5H2,1-3H3/b19-17-,20-18-;. The van der Waals surface area contributed by atoms with Gasteiger partial charge in [0.15, 0.2) is 0 Å². The number of rotatable bonds is 34. The van der Waals surface area contributed by atoms with Crippen LogP contribution in [0, 0.1) is 0 Å². The number of hydrogen-bond donors (Lipinski definition) is 1. The Balaban J connectivity index is 0. The van der Waals surface area contributed by atoms with Crippen LogP contribution in [0.3, 0.4) is 0 Å². The van der Waals surface area contributed by atoms with Crippen LogP contribution in [0.4, 0.5) is 0 Å². The van der Waals surface area contributed by atoms with Gasteiger partial charge in [-0.2, -0.15) is 0 Å². The van der Waals surface area contributed by atoms with E-state index >= 15 is 0 Å². The van der Waals surface area contributed by atoms with E-state index in [1.165, 1.54) is 206 Å². The van der Waals surface area contributed by atoms with Gasteiger partial charge in [-0.05, 0) is 104 Å². The number of unbranched alkanes of at least 4 members (excludes halogenated alkanes) is 24. The van der Waals surface area contributed by atoms with Crippen LogP contribution in [0.1, 0.15) is 207 Å². The van der Waals surface area contributed by atoms with Crippen LogP contribution in [-0.4, -0.2) is 38.6 Å². The molecule has 0 radical (unpaired) electrons. The van der Waals surface area contributed by atoms with Crippen LogP contribution in [0.2, 0.25) is 0 Å². The van der Waals surface area contributed by atoms with Crippen LogP contribution >= 0.6 is 0 Å². The SMILES string of the molecule is CCCCCCCC/C=C\CCCCCCCCNCCCCCCCC/C=C\CCCCCCCC.CCCN(C)C. The van der Waals surface area contributed by atoms with Gasteiger partial charge in [0.1, 0.15) is 0 Å². The summed E-state index contributed by atoms with van der Waals surface area (Å²) in [5.74, 6) is 0. The first-order valence-corrected chi connectivity index (χ1v) is 19.8. The highest BCUT2D eigenvalue weighted by Crippen LogP contribution is 2.11. The van der Waals surface area contributed by atoms with Crippen LogP contribution in [0.5, 0.6) is 0 Å². The van der Waals surface area contributed by atoms with Crippen LogP contribution in [0.15, 0.2) is 24.3 Å². The fourth-order valence-corrected chi connectivity index (χ4v) is 5.57. The van der Waals surface area contributed by atoms with E-state index in [0.717, 1.165) is 0 Å². The second-order valence-electron chi connectivity index (χ2n) is 13.4. The van der Waals surface area contributed by atoms with Gasteiger partial charge < -0.3 is 10.2 Å². The first kappa shape index (κ1) is 44.5. The summed E-state index contributed by atoms with van der Waals surface area (Å²) in [6.45, 7) is 10.4. The van der Waals surface area contributed by atoms with Gasteiger partial charge in [0, 0.05) is 0 Å². The van der Waals surface area contributed by atoms with Crippen molar-refractivity contribution in [3.8, 4) is 0 Å². The molecule has 0 saturated heterocycles. The monoisotopic (exact) mass is 605 g/mol. The normalized spacial score (nSPS) is 11.7. The van der Waals surface area contributed by atoms with Gasteiger partial charge in [-0.25, -0.2) is 0 Å². The molecule has 0 saturated carbocycles. The fraction of sp³-hybridized carbons (Fsp3) is 0.902. The molecule has 0 aromatic rings. The summed E-state index contributed by atoms with van der Waals surface area (Å²) in [7, 11) is 4.17. The molecular formula is C41H84N2. The quantitative estimate of drug-likeness (QED) is 0.0580. The average Bonchev–Trinajstić information content (AvgIpc) is 3.00. The summed E-state index contributed by atoms with van der Waals surface area (Å²) in [6.07, 6.45) is 50.0. The molecule has 0 aliphatic rings. The van der Waals surface area contributed by atoms with Crippen molar-refractivity contribution < 1.29 is 0 Å². The minimum absolute atomic E-state index is 1.21. The number of nitrogens with zero attached hydrogens (tertiary/aromatic N) is 1. The van der Waals surface area contributed by atoms with Gasteiger partial charge >= 0.3 is 0 Å². The van der Waals surface area contributed by atoms with Crippen molar-refractivity contribution >= 4 is 0 Å². The van der Waals surface area contributed by atoms with E-state index in [9.17, 15) is 0 Å². The van der Waals surface area contributed by atoms with Crippen molar-refractivity contribution in [3.63, 3.8) is 0 Å². The fourth-order valence-electron chi connectivity index (χ4n) is 5.57. The van der Waals surface area contributed by atoms with Gasteiger partial charge in [-0.3, -0.25) is 0 Å². The molecule has 0 aliphatic heterocycles. The summed E-state index contributed by atoms with van der Waals surface area (Å²) >= 11 is 0. The molecule has 0 aromatic heterocycles. The molecule has 258 valence electrons. The van der Waals surface area contributed by atoms with Crippen molar-refractivity contribution in [2.24, 2.45) is 0 Å². The molecule has 0 fully saturated rings. The number of hydrogen-bond acceptors (Lipinski definition) is 2. The van der Waals surface area contributed by atoms with Crippen molar-refractivity contribution in [3.05, 3.63) is 24.3 Å². The Kier molecular flexibility index (Phi) is 45.1. The lowest BCUT2D eigenvalue weighted by Crippen LogP contribution is -2.16. The Morgan fingerprint density at radius 3 is 0.884 bits per heavy atom. The third-order valence-electron chi connectivity index (χ3n) is 8.40. The lowest BCUT2D eigenvalue weighted by molar-refractivity contribution is 0.408. The van der Waals surface area contributed by atoms with Crippen molar-refractivity contribution in [1.82, 2.24) is 10.2 Å². The van der Waals surface area contributed by atoms with E-state index in [-0.39, 0.29) is 0 Å². The lowest BCUT2D eigenvalue weighted by atomic mass is 10.1. The van der Waals surface area contributed by atoms with Gasteiger partial charge in [0.25, 0.3) is 0 Å². The molecule has 43 heavy (non-hydrogen) atoms. The highest BCUT2D eigenvalue weighted by Gasteiger charge is 1.94. The van der Waals surface area contributed by atoms with Crippen molar-refractivity contribution in [2.75, 3.05) is 33.7 Å². The zero-order chi connectivity index (χ0) is 31.7. The molecular weight excluding hydrogens is 520 g/mol. The second kappa shape index (κ2) is 43.5. The first-order chi connectivity index (χ1) is 21.2. The zero-order valence-electron chi connectivity index (χ0n) is 30.9. The highest BCUT2D eigenvalue weighted by molar-refractivity contribution is 4.82. The Morgan fingerprint density at radius 2 is 0.628 bits per heavy atom. The Morgan fingerprint density at radius 1 is 0.349 bits per heavy atom. The smallest absolute Gasteiger partial charge is 0.00275 e. The minimum atomic E-state index is 1.21. The molecule has 2 nitrogen and oxygen atoms in total. The van der Waals surface area contributed by atoms with Gasteiger partial charge in [0.2, 0.25) is 0 Å². The molecule has 0 spiro atoms. The summed E-state index contributed by atoms with van der Waals surface area (Å²) < 4.78 is 0. The Bertz CT molecular complexity index is 470. The average molecular weight is 605 g/mol. The van der Waals surface area contributed by atoms with Crippen LogP contribution in [-0.2, 0) is 0 Å². The largest absolute Gasteiger partial charge is 0.317 e. The summed E-state index contributed by atoms with van der Waals surface area (Å²) in [4.78, 5) is 2.18. The molecule has 0 rings (SSSR count). The van der Waals surface area contributed by atoms with Crippen LogP contribution < -0.4 is 5.32 Å². The van der Waals surface area contributed by atoms with Crippen LogP contribution in [0.25, 0.3) is 0 Å². The summed E-state index contributed by atoms with van der Waals surface area (Å²) in [5, 5.41) is 3.67. The van der Waals surface area contributed by atoms with E-state index in [1.807, 2.05) is 0 Å². The molecule has 0 heterocycles. The van der Waals surface area contributed by atoms with Gasteiger partial charge in [-0.1, -0.05) is 161 Å². The minimum Gasteiger partial charge on any atom is -0.317 e. The molecule has 0 aliphatic carbocycles. The molecule has 0 aromatic carbocycles. The van der Waals surface area contributed by atoms with Crippen molar-refractivity contribution in [1.29, 1.82) is 0 Å². The Hall–Kier alpha value is -0.600. The Labute approximate surface area is 274 Å². The third kappa shape index (κ3) is 48.5. The maximum absolute atomic E-state index is 3.67. The van der Waals surface area contributed by atoms with E-state index in [1.54, 1.807) is 0 Å². The van der Waals surface area contributed by atoms with Gasteiger partial charge in [-0.15, -0.1) is 0 Å². The molecule has 0 amide bonds. The van der Waals surface area contributed by atoms with E-state index in [4.69, 9.17) is 0 Å². The third-order valence-corrected chi connectivity index (χ3v) is 8.40. The highest BCUT2D eigenvalue weighted by atomic mass is 15.0. The van der Waals surface area contributed by atoms with E-state index in [2.05, 4.69) is 69.4 Å². The molecule has 0 atom stereocenters. The zero-order valence-corrected chi connectivity index (χ0v) is 30.9. The number of allylic oxidation sites excluding steroid dienone is 4. The first-order valence-electron chi connectivity index (χ1n) is 19.8. The second-order valence-corrected chi connectivity index (χ2v) is 13.4. The van der Waals surface area contributed by atoms with Crippen molar-refractivity contribution in [2.45, 2.75) is 207 Å². The molecule has 1 N–H and O–H groups in total. The predicted octanol–water partition coefficient (Wildman–Crippen LogP) is 13.6. The molecule has 0 unspecified atom stereocenters.